The van der Waals surface area contributed by atoms with E-state index < -0.39 is 0 Å². The third kappa shape index (κ3) is 3.94. The van der Waals surface area contributed by atoms with Crippen LogP contribution in [0.1, 0.15) is 11.1 Å². The van der Waals surface area contributed by atoms with E-state index in [0.717, 1.165) is 55.6 Å². The van der Waals surface area contributed by atoms with Crippen molar-refractivity contribution in [3.05, 3.63) is 132 Å². The van der Waals surface area contributed by atoms with E-state index in [4.69, 9.17) is 0 Å². The molecule has 0 bridgehead atoms. The Morgan fingerprint density at radius 3 is 0.882 bits per heavy atom. The molecule has 0 saturated heterocycles. The minimum atomic E-state index is -0.143. The Bertz CT molecular complexity index is 1310. The standard InChI is InChI=1S/C32H26O2/c33-21-27-29(23-13-5-1-6-14-23)28(22-34)31(25-17-9-3-10-18-25)32(26-19-11-4-12-20-26)30(27)24-15-7-2-8-16-24/h1-20,33-34H,21-22H2. The van der Waals surface area contributed by atoms with Crippen molar-refractivity contribution in [2.75, 3.05) is 0 Å². The van der Waals surface area contributed by atoms with Crippen LogP contribution < -0.4 is 0 Å². The van der Waals surface area contributed by atoms with Crippen LogP contribution >= 0.6 is 0 Å². The summed E-state index contributed by atoms with van der Waals surface area (Å²) in [6, 6.07) is 40.8. The second-order valence-electron chi connectivity index (χ2n) is 8.24. The summed E-state index contributed by atoms with van der Waals surface area (Å²) in [5.41, 5.74) is 9.62. The van der Waals surface area contributed by atoms with Gasteiger partial charge in [0, 0.05) is 0 Å². The lowest BCUT2D eigenvalue weighted by molar-refractivity contribution is 0.277. The highest BCUT2D eigenvalue weighted by molar-refractivity contribution is 6.02. The zero-order valence-corrected chi connectivity index (χ0v) is 18.9. The van der Waals surface area contributed by atoms with Gasteiger partial charge in [0.2, 0.25) is 0 Å². The van der Waals surface area contributed by atoms with Crippen molar-refractivity contribution in [2.24, 2.45) is 0 Å². The topological polar surface area (TPSA) is 40.5 Å². The maximum atomic E-state index is 10.8. The average molecular weight is 443 g/mol. The first-order valence-electron chi connectivity index (χ1n) is 11.5. The first-order chi connectivity index (χ1) is 16.8. The zero-order valence-electron chi connectivity index (χ0n) is 18.9. The molecule has 5 aromatic carbocycles. The third-order valence-electron chi connectivity index (χ3n) is 6.27. The molecule has 0 saturated carbocycles. The lowest BCUT2D eigenvalue weighted by Gasteiger charge is -2.26. The van der Waals surface area contributed by atoms with Gasteiger partial charge in [0.25, 0.3) is 0 Å². The van der Waals surface area contributed by atoms with Crippen LogP contribution in [0.3, 0.4) is 0 Å². The smallest absolute Gasteiger partial charge is 0.0694 e. The van der Waals surface area contributed by atoms with E-state index in [1.807, 2.05) is 84.9 Å². The molecule has 2 nitrogen and oxygen atoms in total. The van der Waals surface area contributed by atoms with Gasteiger partial charge in [-0.2, -0.15) is 0 Å². The molecule has 0 aliphatic heterocycles. The van der Waals surface area contributed by atoms with Crippen molar-refractivity contribution < 1.29 is 10.2 Å². The first kappa shape index (κ1) is 21.8. The molecule has 0 atom stereocenters. The second-order valence-corrected chi connectivity index (χ2v) is 8.24. The fourth-order valence-corrected chi connectivity index (χ4v) is 4.87. The van der Waals surface area contributed by atoms with Crippen LogP contribution in [0.4, 0.5) is 0 Å². The normalized spacial score (nSPS) is 10.9. The molecule has 2 N–H and O–H groups in total. The molecule has 0 aliphatic rings. The average Bonchev–Trinajstić information content (AvgIpc) is 2.93. The van der Waals surface area contributed by atoms with Gasteiger partial charge in [0.1, 0.15) is 0 Å². The van der Waals surface area contributed by atoms with E-state index in [9.17, 15) is 10.2 Å². The van der Waals surface area contributed by atoms with E-state index >= 15 is 0 Å². The molecule has 5 aromatic rings. The van der Waals surface area contributed by atoms with Crippen molar-refractivity contribution in [3.8, 4) is 44.5 Å². The number of benzene rings is 5. The summed E-state index contributed by atoms with van der Waals surface area (Å²) in [6.07, 6.45) is 0. The number of aliphatic hydroxyl groups is 2. The van der Waals surface area contributed by atoms with Gasteiger partial charge in [-0.25, -0.2) is 0 Å². The number of rotatable bonds is 6. The summed E-state index contributed by atoms with van der Waals surface area (Å²) in [4.78, 5) is 0. The molecular formula is C32H26O2. The fraction of sp³-hybridized carbons (Fsp3) is 0.0625. The molecule has 0 aromatic heterocycles. The van der Waals surface area contributed by atoms with Gasteiger partial charge in [-0.1, -0.05) is 121 Å². The van der Waals surface area contributed by atoms with Gasteiger partial charge in [0.05, 0.1) is 13.2 Å². The maximum absolute atomic E-state index is 10.8. The van der Waals surface area contributed by atoms with Crippen molar-refractivity contribution >= 4 is 0 Å². The largest absolute Gasteiger partial charge is 0.392 e. The number of hydrogen-bond acceptors (Lipinski definition) is 2. The predicted molar refractivity (Wildman–Crippen MR) is 140 cm³/mol. The summed E-state index contributed by atoms with van der Waals surface area (Å²) in [5.74, 6) is 0. The highest BCUT2D eigenvalue weighted by Gasteiger charge is 2.26. The summed E-state index contributed by atoms with van der Waals surface area (Å²) < 4.78 is 0. The van der Waals surface area contributed by atoms with Crippen LogP contribution in [0.5, 0.6) is 0 Å². The van der Waals surface area contributed by atoms with Gasteiger partial charge in [-0.15, -0.1) is 0 Å². The van der Waals surface area contributed by atoms with E-state index in [-0.39, 0.29) is 13.2 Å². The van der Waals surface area contributed by atoms with Gasteiger partial charge in [0.15, 0.2) is 0 Å². The van der Waals surface area contributed by atoms with Gasteiger partial charge < -0.3 is 10.2 Å². The number of aliphatic hydroxyl groups excluding tert-OH is 2. The maximum Gasteiger partial charge on any atom is 0.0694 e. The predicted octanol–water partition coefficient (Wildman–Crippen LogP) is 7.34. The summed E-state index contributed by atoms with van der Waals surface area (Å²) >= 11 is 0. The molecule has 0 amide bonds. The SMILES string of the molecule is OCc1c(-c2ccccc2)c(CO)c(-c2ccccc2)c(-c2ccccc2)c1-c1ccccc1. The van der Waals surface area contributed by atoms with Gasteiger partial charge >= 0.3 is 0 Å². The molecule has 5 rings (SSSR count). The Labute approximate surface area is 200 Å². The van der Waals surface area contributed by atoms with Crippen LogP contribution in [-0.2, 0) is 13.2 Å². The van der Waals surface area contributed by atoms with Gasteiger partial charge in [-0.3, -0.25) is 0 Å². The van der Waals surface area contributed by atoms with Crippen LogP contribution in [-0.4, -0.2) is 10.2 Å². The summed E-state index contributed by atoms with van der Waals surface area (Å²) in [6.45, 7) is -0.285. The van der Waals surface area contributed by atoms with Crippen molar-refractivity contribution in [2.45, 2.75) is 13.2 Å². The lowest BCUT2D eigenvalue weighted by atomic mass is 9.77. The van der Waals surface area contributed by atoms with Crippen LogP contribution in [0.15, 0.2) is 121 Å². The minimum Gasteiger partial charge on any atom is -0.392 e. The quantitative estimate of drug-likeness (QED) is 0.289. The molecule has 0 aliphatic carbocycles. The molecule has 0 radical (unpaired) electrons. The first-order valence-corrected chi connectivity index (χ1v) is 11.5. The summed E-state index contributed by atoms with van der Waals surface area (Å²) in [7, 11) is 0. The molecule has 166 valence electrons. The third-order valence-corrected chi connectivity index (χ3v) is 6.27. The lowest BCUT2D eigenvalue weighted by Crippen LogP contribution is -2.06. The Hall–Kier alpha value is -3.98. The molecular weight excluding hydrogens is 416 g/mol. The molecule has 0 spiro atoms. The van der Waals surface area contributed by atoms with Crippen LogP contribution in [0, 0.1) is 0 Å². The highest BCUT2D eigenvalue weighted by Crippen LogP contribution is 2.49. The van der Waals surface area contributed by atoms with Crippen molar-refractivity contribution in [1.29, 1.82) is 0 Å². The second kappa shape index (κ2) is 9.88. The Morgan fingerprint density at radius 1 is 0.324 bits per heavy atom. The molecule has 0 heterocycles. The minimum absolute atomic E-state index is 0.143. The Morgan fingerprint density at radius 2 is 0.588 bits per heavy atom. The van der Waals surface area contributed by atoms with Crippen molar-refractivity contribution in [3.63, 3.8) is 0 Å². The Kier molecular flexibility index (Phi) is 6.35. The molecule has 34 heavy (non-hydrogen) atoms. The van der Waals surface area contributed by atoms with Crippen LogP contribution in [0.2, 0.25) is 0 Å². The fourth-order valence-electron chi connectivity index (χ4n) is 4.87. The molecule has 0 unspecified atom stereocenters. The summed E-state index contributed by atoms with van der Waals surface area (Å²) in [5, 5.41) is 21.6. The van der Waals surface area contributed by atoms with E-state index in [1.54, 1.807) is 0 Å². The van der Waals surface area contributed by atoms with Gasteiger partial charge in [-0.05, 0) is 55.6 Å². The number of hydrogen-bond donors (Lipinski definition) is 2. The monoisotopic (exact) mass is 442 g/mol. The zero-order chi connectivity index (χ0) is 23.3. The van der Waals surface area contributed by atoms with E-state index in [1.165, 1.54) is 0 Å². The van der Waals surface area contributed by atoms with E-state index in [2.05, 4.69) is 36.4 Å². The van der Waals surface area contributed by atoms with Crippen molar-refractivity contribution in [1.82, 2.24) is 0 Å². The Balaban J connectivity index is 2.04. The molecule has 2 heteroatoms. The van der Waals surface area contributed by atoms with Crippen LogP contribution in [0.25, 0.3) is 44.5 Å². The molecule has 0 fully saturated rings. The highest BCUT2D eigenvalue weighted by atomic mass is 16.3. The van der Waals surface area contributed by atoms with E-state index in [0.29, 0.717) is 0 Å².